The highest BCUT2D eigenvalue weighted by atomic mass is 127. The fourth-order valence-electron chi connectivity index (χ4n) is 1.60. The molecule has 8 heteroatoms. The second kappa shape index (κ2) is 7.07. The number of benzene rings is 1. The Labute approximate surface area is 134 Å². The van der Waals surface area contributed by atoms with Crippen LogP contribution in [0, 0.1) is 3.57 Å². The molecule has 7 nitrogen and oxygen atoms in total. The van der Waals surface area contributed by atoms with E-state index >= 15 is 0 Å². The molecule has 1 heterocycles. The van der Waals surface area contributed by atoms with Crippen LogP contribution in [-0.4, -0.2) is 33.2 Å². The van der Waals surface area contributed by atoms with Crippen LogP contribution in [0.1, 0.15) is 10.5 Å². The Morgan fingerprint density at radius 3 is 2.62 bits per heavy atom. The number of carboxylic acids is 1. The zero-order valence-corrected chi connectivity index (χ0v) is 13.1. The molecule has 0 saturated carbocycles. The number of nitrogens with zero attached hydrogens (tertiary/aromatic N) is 2. The van der Waals surface area contributed by atoms with E-state index in [1.165, 1.54) is 12.5 Å². The van der Waals surface area contributed by atoms with Gasteiger partial charge in [-0.25, -0.2) is 14.6 Å². The molecule has 0 radical (unpaired) electrons. The molecule has 0 aliphatic heterocycles. The van der Waals surface area contributed by atoms with E-state index in [1.54, 1.807) is 4.57 Å². The van der Waals surface area contributed by atoms with Gasteiger partial charge in [0, 0.05) is 28.5 Å². The summed E-state index contributed by atoms with van der Waals surface area (Å²) in [5.74, 6) is -1.07. The monoisotopic (exact) mass is 400 g/mol. The van der Waals surface area contributed by atoms with Crippen LogP contribution >= 0.6 is 22.6 Å². The molecule has 2 rings (SSSR count). The average molecular weight is 400 g/mol. The van der Waals surface area contributed by atoms with Gasteiger partial charge in [-0.1, -0.05) is 0 Å². The summed E-state index contributed by atoms with van der Waals surface area (Å²) in [6, 6.07) is 7.12. The van der Waals surface area contributed by atoms with E-state index in [0.717, 1.165) is 3.57 Å². The number of anilines is 1. The summed E-state index contributed by atoms with van der Waals surface area (Å²) in [4.78, 5) is 26.0. The smallest absolute Gasteiger partial charge is 0.356 e. The topological polar surface area (TPSA) is 96.2 Å². The summed E-state index contributed by atoms with van der Waals surface area (Å²) < 4.78 is 2.70. The molecular weight excluding hydrogens is 387 g/mol. The van der Waals surface area contributed by atoms with Crippen LogP contribution in [0.2, 0.25) is 0 Å². The maximum Gasteiger partial charge on any atom is 0.356 e. The third-order valence-electron chi connectivity index (χ3n) is 2.61. The van der Waals surface area contributed by atoms with Crippen molar-refractivity contribution in [2.24, 2.45) is 0 Å². The Kier molecular flexibility index (Phi) is 5.14. The van der Waals surface area contributed by atoms with E-state index in [-0.39, 0.29) is 11.7 Å². The highest BCUT2D eigenvalue weighted by Crippen LogP contribution is 2.10. The SMILES string of the molecule is O=C(NCCn1cnc(C(=O)O)c1)Nc1ccc(I)cc1. The highest BCUT2D eigenvalue weighted by molar-refractivity contribution is 14.1. The number of rotatable bonds is 5. The standard InChI is InChI=1S/C13H13IN4O3/c14-9-1-3-10(4-2-9)17-13(21)15-5-6-18-7-11(12(19)20)16-8-18/h1-4,7-8H,5-6H2,(H,19,20)(H2,15,17,21). The molecule has 0 aliphatic carbocycles. The first-order valence-electron chi connectivity index (χ1n) is 6.10. The zero-order chi connectivity index (χ0) is 15.2. The Morgan fingerprint density at radius 1 is 1.29 bits per heavy atom. The highest BCUT2D eigenvalue weighted by Gasteiger charge is 2.06. The van der Waals surface area contributed by atoms with Crippen molar-refractivity contribution in [1.29, 1.82) is 0 Å². The van der Waals surface area contributed by atoms with E-state index in [0.29, 0.717) is 18.8 Å². The molecule has 2 amide bonds. The predicted octanol–water partition coefficient (Wildman–Crippen LogP) is 2.01. The van der Waals surface area contributed by atoms with Crippen LogP contribution in [0.4, 0.5) is 10.5 Å². The largest absolute Gasteiger partial charge is 0.476 e. The number of hydrogen-bond donors (Lipinski definition) is 3. The van der Waals surface area contributed by atoms with Gasteiger partial charge in [-0.3, -0.25) is 0 Å². The van der Waals surface area contributed by atoms with Crippen LogP contribution in [-0.2, 0) is 6.54 Å². The lowest BCUT2D eigenvalue weighted by molar-refractivity contribution is 0.0691. The molecule has 0 spiro atoms. The molecular formula is C13H13IN4O3. The molecule has 0 saturated heterocycles. The van der Waals surface area contributed by atoms with Crippen LogP contribution in [0.15, 0.2) is 36.8 Å². The minimum atomic E-state index is -1.07. The number of carboxylic acid groups (broad SMARTS) is 1. The summed E-state index contributed by atoms with van der Waals surface area (Å²) in [6.07, 6.45) is 2.84. The minimum Gasteiger partial charge on any atom is -0.476 e. The number of urea groups is 1. The fourth-order valence-corrected chi connectivity index (χ4v) is 1.96. The van der Waals surface area contributed by atoms with E-state index in [4.69, 9.17) is 5.11 Å². The summed E-state index contributed by atoms with van der Waals surface area (Å²) >= 11 is 2.19. The van der Waals surface area contributed by atoms with Crippen LogP contribution < -0.4 is 10.6 Å². The number of carbonyl (C=O) groups is 2. The van der Waals surface area contributed by atoms with Gasteiger partial charge in [-0.05, 0) is 46.9 Å². The summed E-state index contributed by atoms with van der Waals surface area (Å²) in [6.45, 7) is 0.812. The fraction of sp³-hybridized carbons (Fsp3) is 0.154. The van der Waals surface area contributed by atoms with E-state index < -0.39 is 5.97 Å². The van der Waals surface area contributed by atoms with Gasteiger partial charge in [0.2, 0.25) is 0 Å². The Balaban J connectivity index is 1.76. The van der Waals surface area contributed by atoms with Crippen molar-refractivity contribution < 1.29 is 14.7 Å². The molecule has 1 aromatic carbocycles. The van der Waals surface area contributed by atoms with E-state index in [1.807, 2.05) is 24.3 Å². The third kappa shape index (κ3) is 4.74. The minimum absolute atomic E-state index is 0.0154. The molecule has 0 bridgehead atoms. The van der Waals surface area contributed by atoms with Crippen molar-refractivity contribution in [3.8, 4) is 0 Å². The summed E-state index contributed by atoms with van der Waals surface area (Å²) in [5, 5.41) is 14.1. The summed E-state index contributed by atoms with van der Waals surface area (Å²) in [5.41, 5.74) is 0.696. The van der Waals surface area contributed by atoms with Crippen molar-refractivity contribution in [3.05, 3.63) is 46.1 Å². The van der Waals surface area contributed by atoms with Gasteiger partial charge in [0.05, 0.1) is 6.33 Å². The molecule has 110 valence electrons. The van der Waals surface area contributed by atoms with E-state index in [9.17, 15) is 9.59 Å². The lowest BCUT2D eigenvalue weighted by atomic mass is 10.3. The number of aromatic nitrogens is 2. The van der Waals surface area contributed by atoms with Crippen molar-refractivity contribution in [3.63, 3.8) is 0 Å². The number of hydrogen-bond acceptors (Lipinski definition) is 3. The van der Waals surface area contributed by atoms with Gasteiger partial charge in [0.15, 0.2) is 5.69 Å². The van der Waals surface area contributed by atoms with Crippen LogP contribution in [0.3, 0.4) is 0 Å². The van der Waals surface area contributed by atoms with Gasteiger partial charge in [-0.15, -0.1) is 0 Å². The number of halogens is 1. The maximum atomic E-state index is 11.7. The zero-order valence-electron chi connectivity index (χ0n) is 10.9. The third-order valence-corrected chi connectivity index (χ3v) is 3.33. The lowest BCUT2D eigenvalue weighted by Crippen LogP contribution is -2.31. The number of aromatic carboxylic acids is 1. The van der Waals surface area contributed by atoms with Crippen molar-refractivity contribution in [1.82, 2.24) is 14.9 Å². The lowest BCUT2D eigenvalue weighted by Gasteiger charge is -2.08. The van der Waals surface area contributed by atoms with E-state index in [2.05, 4.69) is 38.2 Å². The molecule has 0 fully saturated rings. The average Bonchev–Trinajstić information content (AvgIpc) is 2.90. The molecule has 0 aliphatic rings. The molecule has 21 heavy (non-hydrogen) atoms. The van der Waals surface area contributed by atoms with Crippen LogP contribution in [0.25, 0.3) is 0 Å². The van der Waals surface area contributed by atoms with Gasteiger partial charge < -0.3 is 20.3 Å². The molecule has 2 aromatic rings. The van der Waals surface area contributed by atoms with Crippen molar-refractivity contribution in [2.45, 2.75) is 6.54 Å². The second-order valence-electron chi connectivity index (χ2n) is 4.19. The van der Waals surface area contributed by atoms with Gasteiger partial charge in [-0.2, -0.15) is 0 Å². The number of nitrogens with one attached hydrogen (secondary N) is 2. The predicted molar refractivity (Wildman–Crippen MR) is 85.4 cm³/mol. The number of imidazole rings is 1. The first-order chi connectivity index (χ1) is 10.0. The quantitative estimate of drug-likeness (QED) is 0.670. The van der Waals surface area contributed by atoms with Gasteiger partial charge in [0.1, 0.15) is 0 Å². The Hall–Kier alpha value is -2.10. The molecule has 3 N–H and O–H groups in total. The first-order valence-corrected chi connectivity index (χ1v) is 7.18. The van der Waals surface area contributed by atoms with Gasteiger partial charge in [0.25, 0.3) is 0 Å². The first kappa shape index (κ1) is 15.3. The summed E-state index contributed by atoms with van der Waals surface area (Å²) in [7, 11) is 0. The Morgan fingerprint density at radius 2 is 2.00 bits per heavy atom. The van der Waals surface area contributed by atoms with Crippen LogP contribution in [0.5, 0.6) is 0 Å². The molecule has 0 atom stereocenters. The second-order valence-corrected chi connectivity index (χ2v) is 5.44. The van der Waals surface area contributed by atoms with Gasteiger partial charge >= 0.3 is 12.0 Å². The normalized spacial score (nSPS) is 10.1. The maximum absolute atomic E-state index is 11.7. The Bertz CT molecular complexity index is 639. The van der Waals surface area contributed by atoms with Crippen molar-refractivity contribution >= 4 is 40.3 Å². The number of amides is 2. The number of carbonyl (C=O) groups excluding carboxylic acids is 1. The molecule has 1 aromatic heterocycles. The molecule has 0 unspecified atom stereocenters. The van der Waals surface area contributed by atoms with Crippen molar-refractivity contribution in [2.75, 3.05) is 11.9 Å².